The van der Waals surface area contributed by atoms with Crippen molar-refractivity contribution in [1.29, 1.82) is 0 Å². The predicted molar refractivity (Wildman–Crippen MR) is 80.2 cm³/mol. The maximum absolute atomic E-state index is 12.3. The average Bonchev–Trinajstić information content (AvgIpc) is 2.84. The normalized spacial score (nSPS) is 17.8. The summed E-state index contributed by atoms with van der Waals surface area (Å²) in [6.45, 7) is 2.39. The summed E-state index contributed by atoms with van der Waals surface area (Å²) in [7, 11) is -3.82. The summed E-state index contributed by atoms with van der Waals surface area (Å²) in [6, 6.07) is 3.66. The smallest absolute Gasteiger partial charge is 0.335 e. The van der Waals surface area contributed by atoms with Crippen LogP contribution in [0.5, 0.6) is 0 Å². The molecule has 1 saturated carbocycles. The molecule has 0 radical (unpaired) electrons. The summed E-state index contributed by atoms with van der Waals surface area (Å²) in [6.07, 6.45) is 4.18. The first-order valence-corrected chi connectivity index (χ1v) is 8.62. The van der Waals surface area contributed by atoms with Gasteiger partial charge in [0.25, 0.3) is 0 Å². The van der Waals surface area contributed by atoms with E-state index in [0.29, 0.717) is 6.54 Å². The Bertz CT molecular complexity index is 651. The third kappa shape index (κ3) is 3.75. The highest BCUT2D eigenvalue weighted by Gasteiger charge is 2.31. The number of carbonyl (C=O) groups is 1. The van der Waals surface area contributed by atoms with Crippen LogP contribution in [0.4, 0.5) is 0 Å². The Morgan fingerprint density at radius 3 is 2.57 bits per heavy atom. The molecular weight excluding hydrogens is 314 g/mol. The summed E-state index contributed by atoms with van der Waals surface area (Å²) in [4.78, 5) is 10.8. The molecule has 116 valence electrons. The van der Waals surface area contributed by atoms with Gasteiger partial charge >= 0.3 is 5.97 Å². The number of nitrogens with one attached hydrogen (secondary N) is 1. The van der Waals surface area contributed by atoms with Gasteiger partial charge < -0.3 is 5.11 Å². The Morgan fingerprint density at radius 2 is 2.00 bits per heavy atom. The highest BCUT2D eigenvalue weighted by molar-refractivity contribution is 7.89. The van der Waals surface area contributed by atoms with Crippen LogP contribution in [0.2, 0.25) is 5.02 Å². The van der Waals surface area contributed by atoms with Crippen molar-refractivity contribution in [3.05, 3.63) is 28.8 Å². The molecule has 0 saturated heterocycles. The Labute approximate surface area is 129 Å². The maximum atomic E-state index is 12.3. The zero-order valence-corrected chi connectivity index (χ0v) is 13.3. The Hall–Kier alpha value is -1.11. The number of benzene rings is 1. The second-order valence-corrected chi connectivity index (χ2v) is 7.94. The minimum atomic E-state index is -3.82. The zero-order valence-electron chi connectivity index (χ0n) is 11.7. The summed E-state index contributed by atoms with van der Waals surface area (Å²) in [5, 5.41) is 8.97. The number of halogens is 1. The van der Waals surface area contributed by atoms with Gasteiger partial charge in [0.1, 0.15) is 4.90 Å². The Kier molecular flexibility index (Phi) is 4.60. The van der Waals surface area contributed by atoms with Crippen LogP contribution in [0, 0.1) is 5.41 Å². The van der Waals surface area contributed by atoms with Gasteiger partial charge in [-0.2, -0.15) is 0 Å². The lowest BCUT2D eigenvalue weighted by atomic mass is 9.89. The van der Waals surface area contributed by atoms with Crippen molar-refractivity contribution in [3.8, 4) is 0 Å². The van der Waals surface area contributed by atoms with Crippen LogP contribution in [-0.4, -0.2) is 26.0 Å². The van der Waals surface area contributed by atoms with Gasteiger partial charge in [0, 0.05) is 6.54 Å². The first-order chi connectivity index (χ1) is 9.73. The third-order valence-corrected chi connectivity index (χ3v) is 5.85. The second-order valence-electron chi connectivity index (χ2n) is 5.79. The lowest BCUT2D eigenvalue weighted by Crippen LogP contribution is -2.34. The standard InChI is InChI=1S/C14H18ClNO4S/c1-14(6-2-3-7-14)9-16-21(19,20)12-8-10(13(17)18)4-5-11(12)15/h4-5,8,16H,2-3,6-7,9H2,1H3,(H,17,18). The van der Waals surface area contributed by atoms with Gasteiger partial charge in [-0.3, -0.25) is 0 Å². The molecule has 1 aromatic carbocycles. The monoisotopic (exact) mass is 331 g/mol. The van der Waals surface area contributed by atoms with E-state index in [1.54, 1.807) is 0 Å². The molecule has 0 heterocycles. The van der Waals surface area contributed by atoms with Crippen LogP contribution in [-0.2, 0) is 10.0 Å². The summed E-state index contributed by atoms with van der Waals surface area (Å²) in [5.74, 6) is -1.19. The molecule has 0 spiro atoms. The molecule has 2 rings (SSSR count). The third-order valence-electron chi connectivity index (χ3n) is 3.97. The maximum Gasteiger partial charge on any atom is 0.335 e. The predicted octanol–water partition coefficient (Wildman–Crippen LogP) is 2.90. The van der Waals surface area contributed by atoms with E-state index in [-0.39, 0.29) is 20.9 Å². The molecule has 2 N–H and O–H groups in total. The van der Waals surface area contributed by atoms with Crippen molar-refractivity contribution < 1.29 is 18.3 Å². The largest absolute Gasteiger partial charge is 0.478 e. The molecule has 0 bridgehead atoms. The fraction of sp³-hybridized carbons (Fsp3) is 0.500. The van der Waals surface area contributed by atoms with E-state index < -0.39 is 16.0 Å². The van der Waals surface area contributed by atoms with Crippen molar-refractivity contribution in [2.24, 2.45) is 5.41 Å². The molecule has 0 unspecified atom stereocenters. The minimum Gasteiger partial charge on any atom is -0.478 e. The summed E-state index contributed by atoms with van der Waals surface area (Å²) in [5.41, 5.74) is -0.143. The van der Waals surface area contributed by atoms with Crippen LogP contribution in [0.25, 0.3) is 0 Å². The van der Waals surface area contributed by atoms with Gasteiger partial charge in [0.05, 0.1) is 10.6 Å². The van der Waals surface area contributed by atoms with E-state index in [9.17, 15) is 13.2 Å². The Balaban J connectivity index is 2.23. The van der Waals surface area contributed by atoms with Gasteiger partial charge in [-0.05, 0) is 36.5 Å². The minimum absolute atomic E-state index is 0.0177. The van der Waals surface area contributed by atoms with Gasteiger partial charge in [-0.25, -0.2) is 17.9 Å². The van der Waals surface area contributed by atoms with Crippen LogP contribution < -0.4 is 4.72 Å². The molecule has 0 aliphatic heterocycles. The van der Waals surface area contributed by atoms with E-state index in [1.165, 1.54) is 12.1 Å². The highest BCUT2D eigenvalue weighted by Crippen LogP contribution is 2.37. The van der Waals surface area contributed by atoms with Gasteiger partial charge in [-0.15, -0.1) is 0 Å². The topological polar surface area (TPSA) is 83.5 Å². The molecule has 7 heteroatoms. The molecule has 5 nitrogen and oxygen atoms in total. The number of rotatable bonds is 5. The zero-order chi connectivity index (χ0) is 15.7. The fourth-order valence-corrected chi connectivity index (χ4v) is 4.32. The average molecular weight is 332 g/mol. The molecule has 1 aliphatic rings. The lowest BCUT2D eigenvalue weighted by molar-refractivity contribution is 0.0696. The van der Waals surface area contributed by atoms with Crippen molar-refractivity contribution in [1.82, 2.24) is 4.72 Å². The molecule has 0 atom stereocenters. The first kappa shape index (κ1) is 16.3. The van der Waals surface area contributed by atoms with Crippen molar-refractivity contribution >= 4 is 27.6 Å². The SMILES string of the molecule is CC1(CNS(=O)(=O)c2cc(C(=O)O)ccc2Cl)CCCC1. The number of hydrogen-bond donors (Lipinski definition) is 2. The van der Waals surface area contributed by atoms with E-state index in [4.69, 9.17) is 16.7 Å². The number of carboxylic acids is 1. The van der Waals surface area contributed by atoms with Crippen LogP contribution >= 0.6 is 11.6 Å². The molecular formula is C14H18ClNO4S. The quantitative estimate of drug-likeness (QED) is 0.869. The second kappa shape index (κ2) is 5.94. The van der Waals surface area contributed by atoms with E-state index in [0.717, 1.165) is 31.7 Å². The number of carboxylic acid groups (broad SMARTS) is 1. The lowest BCUT2D eigenvalue weighted by Gasteiger charge is -2.23. The summed E-state index contributed by atoms with van der Waals surface area (Å²) < 4.78 is 27.2. The Morgan fingerprint density at radius 1 is 1.38 bits per heavy atom. The van der Waals surface area contributed by atoms with Crippen molar-refractivity contribution in [2.75, 3.05) is 6.54 Å². The van der Waals surface area contributed by atoms with E-state index in [1.807, 2.05) is 0 Å². The molecule has 1 fully saturated rings. The number of hydrogen-bond acceptors (Lipinski definition) is 3. The molecule has 1 aliphatic carbocycles. The van der Waals surface area contributed by atoms with E-state index >= 15 is 0 Å². The molecule has 0 aromatic heterocycles. The van der Waals surface area contributed by atoms with Crippen molar-refractivity contribution in [2.45, 2.75) is 37.5 Å². The first-order valence-electron chi connectivity index (χ1n) is 6.76. The van der Waals surface area contributed by atoms with Gasteiger partial charge in [0.2, 0.25) is 10.0 Å². The van der Waals surface area contributed by atoms with Crippen LogP contribution in [0.15, 0.2) is 23.1 Å². The molecule has 0 amide bonds. The fourth-order valence-electron chi connectivity index (χ4n) is 2.59. The molecule has 1 aromatic rings. The van der Waals surface area contributed by atoms with Gasteiger partial charge in [-0.1, -0.05) is 31.4 Å². The summed E-state index contributed by atoms with van der Waals surface area (Å²) >= 11 is 5.90. The van der Waals surface area contributed by atoms with Crippen molar-refractivity contribution in [3.63, 3.8) is 0 Å². The number of sulfonamides is 1. The van der Waals surface area contributed by atoms with Gasteiger partial charge in [0.15, 0.2) is 0 Å². The highest BCUT2D eigenvalue weighted by atomic mass is 35.5. The molecule has 21 heavy (non-hydrogen) atoms. The van der Waals surface area contributed by atoms with Crippen LogP contribution in [0.1, 0.15) is 43.0 Å². The van der Waals surface area contributed by atoms with Crippen LogP contribution in [0.3, 0.4) is 0 Å². The number of aromatic carboxylic acids is 1. The van der Waals surface area contributed by atoms with E-state index in [2.05, 4.69) is 11.6 Å².